The predicted octanol–water partition coefficient (Wildman–Crippen LogP) is 4.22. The van der Waals surface area contributed by atoms with E-state index in [4.69, 9.17) is 4.74 Å². The Balaban J connectivity index is 2.28. The number of ketones is 1. The molecular formula is C21H22O5. The molecule has 0 fully saturated rings. The van der Waals surface area contributed by atoms with Crippen LogP contribution in [-0.4, -0.2) is 28.2 Å². The molecule has 26 heavy (non-hydrogen) atoms. The number of allylic oxidation sites excluding steroid dienone is 3. The van der Waals surface area contributed by atoms with Gasteiger partial charge in [0.05, 0.1) is 12.7 Å². The van der Waals surface area contributed by atoms with Crippen LogP contribution in [0.1, 0.15) is 35.3 Å². The molecule has 0 radical (unpaired) electrons. The molecule has 0 aliphatic heterocycles. The molecule has 2 rings (SSSR count). The van der Waals surface area contributed by atoms with Crippen LogP contribution in [-0.2, 0) is 6.42 Å². The molecule has 0 amide bonds. The largest absolute Gasteiger partial charge is 0.508 e. The summed E-state index contributed by atoms with van der Waals surface area (Å²) >= 11 is 0. The Morgan fingerprint density at radius 2 is 1.77 bits per heavy atom. The first kappa shape index (κ1) is 19.1. The number of phenols is 3. The lowest BCUT2D eigenvalue weighted by Crippen LogP contribution is -1.97. The van der Waals surface area contributed by atoms with E-state index in [2.05, 4.69) is 0 Å². The summed E-state index contributed by atoms with van der Waals surface area (Å²) < 4.78 is 5.03. The van der Waals surface area contributed by atoms with Gasteiger partial charge in [-0.05, 0) is 55.7 Å². The van der Waals surface area contributed by atoms with Gasteiger partial charge in [-0.25, -0.2) is 0 Å². The Labute approximate surface area is 152 Å². The third-order valence-corrected chi connectivity index (χ3v) is 3.82. The van der Waals surface area contributed by atoms with Crippen LogP contribution in [0.25, 0.3) is 6.08 Å². The molecule has 3 N–H and O–H groups in total. The fourth-order valence-corrected chi connectivity index (χ4v) is 2.36. The van der Waals surface area contributed by atoms with Gasteiger partial charge in [-0.1, -0.05) is 23.8 Å². The summed E-state index contributed by atoms with van der Waals surface area (Å²) in [5.74, 6) is -0.412. The van der Waals surface area contributed by atoms with Crippen LogP contribution in [0.15, 0.2) is 48.1 Å². The van der Waals surface area contributed by atoms with Gasteiger partial charge in [0.15, 0.2) is 17.3 Å². The summed E-state index contributed by atoms with van der Waals surface area (Å²) in [6.07, 6.45) is 5.28. The summed E-state index contributed by atoms with van der Waals surface area (Å²) in [6, 6.07) is 7.38. The fourth-order valence-electron chi connectivity index (χ4n) is 2.36. The summed E-state index contributed by atoms with van der Waals surface area (Å²) in [5, 5.41) is 29.5. The first-order chi connectivity index (χ1) is 12.3. The van der Waals surface area contributed by atoms with Gasteiger partial charge >= 0.3 is 0 Å². The van der Waals surface area contributed by atoms with Crippen molar-refractivity contribution in [2.45, 2.75) is 20.3 Å². The van der Waals surface area contributed by atoms with Crippen LogP contribution in [0.2, 0.25) is 0 Å². The quantitative estimate of drug-likeness (QED) is 0.411. The van der Waals surface area contributed by atoms with Crippen LogP contribution in [0.5, 0.6) is 23.0 Å². The monoisotopic (exact) mass is 354 g/mol. The highest BCUT2D eigenvalue weighted by Gasteiger charge is 2.13. The Morgan fingerprint density at radius 1 is 1.04 bits per heavy atom. The second kappa shape index (κ2) is 8.25. The molecule has 136 valence electrons. The molecule has 0 atom stereocenters. The lowest BCUT2D eigenvalue weighted by Gasteiger charge is -2.07. The molecule has 0 unspecified atom stereocenters. The minimum absolute atomic E-state index is 0.0102. The van der Waals surface area contributed by atoms with Gasteiger partial charge in [0.2, 0.25) is 0 Å². The van der Waals surface area contributed by atoms with E-state index >= 15 is 0 Å². The number of hydrogen-bond acceptors (Lipinski definition) is 5. The standard InChI is InChI=1S/C21H22O5/c1-13(2)4-7-15-11-16(20(25)12-19(15)24)17(22)8-5-14-6-9-18(23)21(10-14)26-3/h4-6,8-12,23-25H,7H2,1-3H3/b8-5+. The van der Waals surface area contributed by atoms with Gasteiger partial charge in [-0.15, -0.1) is 0 Å². The number of rotatable bonds is 6. The zero-order valence-corrected chi connectivity index (χ0v) is 15.0. The van der Waals surface area contributed by atoms with E-state index in [-0.39, 0.29) is 22.8 Å². The summed E-state index contributed by atoms with van der Waals surface area (Å²) in [4.78, 5) is 12.4. The predicted molar refractivity (Wildman–Crippen MR) is 101 cm³/mol. The molecule has 0 spiro atoms. The van der Waals surface area contributed by atoms with Crippen molar-refractivity contribution in [3.63, 3.8) is 0 Å². The molecule has 5 heteroatoms. The number of methoxy groups -OCH3 is 1. The molecule has 5 nitrogen and oxygen atoms in total. The molecule has 2 aromatic carbocycles. The van der Waals surface area contributed by atoms with E-state index in [0.29, 0.717) is 23.3 Å². The smallest absolute Gasteiger partial charge is 0.189 e. The van der Waals surface area contributed by atoms with Crippen molar-refractivity contribution in [3.05, 3.63) is 64.7 Å². The molecule has 0 aromatic heterocycles. The van der Waals surface area contributed by atoms with E-state index in [1.54, 1.807) is 18.2 Å². The molecular weight excluding hydrogens is 332 g/mol. The Kier molecular flexibility index (Phi) is 6.07. The Bertz CT molecular complexity index is 874. The number of benzene rings is 2. The van der Waals surface area contributed by atoms with Crippen molar-refractivity contribution in [2.75, 3.05) is 7.11 Å². The first-order valence-electron chi connectivity index (χ1n) is 8.09. The third kappa shape index (κ3) is 4.66. The average molecular weight is 354 g/mol. The van der Waals surface area contributed by atoms with Crippen molar-refractivity contribution < 1.29 is 24.9 Å². The van der Waals surface area contributed by atoms with Crippen molar-refractivity contribution in [1.82, 2.24) is 0 Å². The normalized spacial score (nSPS) is 10.7. The summed E-state index contributed by atoms with van der Waals surface area (Å²) in [7, 11) is 1.44. The fraction of sp³-hybridized carbons (Fsp3) is 0.190. The van der Waals surface area contributed by atoms with E-state index in [9.17, 15) is 20.1 Å². The van der Waals surface area contributed by atoms with Crippen LogP contribution in [0, 0.1) is 0 Å². The van der Waals surface area contributed by atoms with Gasteiger partial charge in [0.25, 0.3) is 0 Å². The van der Waals surface area contributed by atoms with Gasteiger partial charge in [-0.3, -0.25) is 4.79 Å². The average Bonchev–Trinajstić information content (AvgIpc) is 2.59. The number of aromatic hydroxyl groups is 3. The lowest BCUT2D eigenvalue weighted by molar-refractivity contribution is 0.104. The molecule has 0 heterocycles. The number of carbonyl (C=O) groups excluding carboxylic acids is 1. The topological polar surface area (TPSA) is 87.0 Å². The number of ether oxygens (including phenoxy) is 1. The third-order valence-electron chi connectivity index (χ3n) is 3.82. The van der Waals surface area contributed by atoms with E-state index < -0.39 is 5.78 Å². The molecule has 0 saturated heterocycles. The maximum atomic E-state index is 12.4. The van der Waals surface area contributed by atoms with E-state index in [0.717, 1.165) is 5.57 Å². The molecule has 0 saturated carbocycles. The zero-order valence-electron chi connectivity index (χ0n) is 15.0. The minimum Gasteiger partial charge on any atom is -0.508 e. The van der Waals surface area contributed by atoms with Gasteiger partial charge in [-0.2, -0.15) is 0 Å². The second-order valence-corrected chi connectivity index (χ2v) is 6.11. The van der Waals surface area contributed by atoms with Crippen LogP contribution in [0.4, 0.5) is 0 Å². The van der Waals surface area contributed by atoms with Gasteiger partial charge in [0, 0.05) is 6.07 Å². The molecule has 0 aliphatic carbocycles. The minimum atomic E-state index is -0.395. The maximum Gasteiger partial charge on any atom is 0.189 e. The van der Waals surface area contributed by atoms with E-state index in [1.165, 1.54) is 31.4 Å². The van der Waals surface area contributed by atoms with Crippen LogP contribution < -0.4 is 4.74 Å². The SMILES string of the molecule is COc1cc(/C=C/C(=O)c2cc(CC=C(C)C)c(O)cc2O)ccc1O. The maximum absolute atomic E-state index is 12.4. The molecule has 0 aliphatic rings. The summed E-state index contributed by atoms with van der Waals surface area (Å²) in [6.45, 7) is 3.89. The van der Waals surface area contributed by atoms with Crippen molar-refractivity contribution in [1.29, 1.82) is 0 Å². The van der Waals surface area contributed by atoms with Crippen LogP contribution in [0.3, 0.4) is 0 Å². The summed E-state index contributed by atoms with van der Waals surface area (Å²) in [5.41, 5.74) is 2.43. The van der Waals surface area contributed by atoms with E-state index in [1.807, 2.05) is 19.9 Å². The lowest BCUT2D eigenvalue weighted by atomic mass is 10.0. The molecule has 2 aromatic rings. The highest BCUT2D eigenvalue weighted by atomic mass is 16.5. The number of carbonyl (C=O) groups is 1. The number of hydrogen-bond donors (Lipinski definition) is 3. The number of phenolic OH excluding ortho intramolecular Hbond substituents is 3. The van der Waals surface area contributed by atoms with Gasteiger partial charge < -0.3 is 20.1 Å². The van der Waals surface area contributed by atoms with Gasteiger partial charge in [0.1, 0.15) is 11.5 Å². The first-order valence-corrected chi connectivity index (χ1v) is 8.09. The van der Waals surface area contributed by atoms with Crippen LogP contribution >= 0.6 is 0 Å². The zero-order chi connectivity index (χ0) is 19.3. The Morgan fingerprint density at radius 3 is 2.42 bits per heavy atom. The van der Waals surface area contributed by atoms with Crippen molar-refractivity contribution in [2.24, 2.45) is 0 Å². The second-order valence-electron chi connectivity index (χ2n) is 6.11. The highest BCUT2D eigenvalue weighted by Crippen LogP contribution is 2.30. The Hall–Kier alpha value is -3.21. The highest BCUT2D eigenvalue weighted by molar-refractivity contribution is 6.08. The molecule has 0 bridgehead atoms. The van der Waals surface area contributed by atoms with Crippen molar-refractivity contribution in [3.8, 4) is 23.0 Å². The van der Waals surface area contributed by atoms with Crippen molar-refractivity contribution >= 4 is 11.9 Å².